The third-order valence-corrected chi connectivity index (χ3v) is 3.60. The van der Waals surface area contributed by atoms with Gasteiger partial charge in [0.25, 0.3) is 0 Å². The highest BCUT2D eigenvalue weighted by atomic mass is 19.1. The van der Waals surface area contributed by atoms with Gasteiger partial charge >= 0.3 is 0 Å². The van der Waals surface area contributed by atoms with E-state index in [1.807, 2.05) is 0 Å². The molecule has 0 aliphatic heterocycles. The SMILES string of the molecule is NC1CCC(C(=O)NCc2ccc(CO)c(F)c2)C1. The Balaban J connectivity index is 1.88. The molecule has 1 saturated carbocycles. The number of benzene rings is 1. The summed E-state index contributed by atoms with van der Waals surface area (Å²) in [5.74, 6) is -0.478. The zero-order chi connectivity index (χ0) is 13.8. The molecule has 1 aromatic rings. The van der Waals surface area contributed by atoms with Gasteiger partial charge in [-0.1, -0.05) is 12.1 Å². The highest BCUT2D eigenvalue weighted by molar-refractivity contribution is 5.79. The van der Waals surface area contributed by atoms with Gasteiger partial charge in [0.05, 0.1) is 6.61 Å². The molecule has 4 N–H and O–H groups in total. The van der Waals surface area contributed by atoms with Crippen LogP contribution in [-0.2, 0) is 17.9 Å². The Kier molecular flexibility index (Phi) is 4.50. The number of nitrogens with one attached hydrogen (secondary N) is 1. The molecule has 0 spiro atoms. The Hall–Kier alpha value is -1.46. The van der Waals surface area contributed by atoms with Gasteiger partial charge < -0.3 is 16.2 Å². The third-order valence-electron chi connectivity index (χ3n) is 3.60. The highest BCUT2D eigenvalue weighted by Gasteiger charge is 2.27. The average Bonchev–Trinajstić information content (AvgIpc) is 2.83. The first-order valence-corrected chi connectivity index (χ1v) is 6.51. The lowest BCUT2D eigenvalue weighted by Crippen LogP contribution is -2.30. The average molecular weight is 266 g/mol. The summed E-state index contributed by atoms with van der Waals surface area (Å²) in [5.41, 5.74) is 6.72. The Morgan fingerprint density at radius 2 is 2.26 bits per heavy atom. The van der Waals surface area contributed by atoms with Crippen molar-refractivity contribution >= 4 is 5.91 Å². The first-order valence-electron chi connectivity index (χ1n) is 6.51. The molecule has 0 bridgehead atoms. The molecule has 19 heavy (non-hydrogen) atoms. The van der Waals surface area contributed by atoms with Crippen LogP contribution < -0.4 is 11.1 Å². The summed E-state index contributed by atoms with van der Waals surface area (Å²) in [5, 5.41) is 11.7. The molecule has 4 nitrogen and oxygen atoms in total. The molecule has 2 unspecified atom stereocenters. The van der Waals surface area contributed by atoms with Crippen molar-refractivity contribution < 1.29 is 14.3 Å². The van der Waals surface area contributed by atoms with E-state index in [-0.39, 0.29) is 30.0 Å². The Morgan fingerprint density at radius 1 is 1.47 bits per heavy atom. The molecule has 5 heteroatoms. The van der Waals surface area contributed by atoms with Crippen LogP contribution in [0.15, 0.2) is 18.2 Å². The zero-order valence-corrected chi connectivity index (χ0v) is 10.7. The molecule has 0 aromatic heterocycles. The van der Waals surface area contributed by atoms with E-state index in [9.17, 15) is 9.18 Å². The normalized spacial score (nSPS) is 22.5. The van der Waals surface area contributed by atoms with Crippen LogP contribution in [0.2, 0.25) is 0 Å². The van der Waals surface area contributed by atoms with Gasteiger partial charge in [-0.05, 0) is 30.9 Å². The van der Waals surface area contributed by atoms with Crippen molar-refractivity contribution in [3.8, 4) is 0 Å². The van der Waals surface area contributed by atoms with Gasteiger partial charge in [0.2, 0.25) is 5.91 Å². The zero-order valence-electron chi connectivity index (χ0n) is 10.7. The van der Waals surface area contributed by atoms with Gasteiger partial charge in [0.15, 0.2) is 0 Å². The smallest absolute Gasteiger partial charge is 0.223 e. The second-order valence-electron chi connectivity index (χ2n) is 5.07. The van der Waals surface area contributed by atoms with Crippen molar-refractivity contribution in [2.24, 2.45) is 11.7 Å². The lowest BCUT2D eigenvalue weighted by Gasteiger charge is -2.11. The van der Waals surface area contributed by atoms with Crippen molar-refractivity contribution in [2.75, 3.05) is 0 Å². The molecule has 1 aliphatic rings. The molecule has 1 amide bonds. The topological polar surface area (TPSA) is 75.4 Å². The Bertz CT molecular complexity index is 465. The van der Waals surface area contributed by atoms with E-state index in [0.717, 1.165) is 19.3 Å². The maximum atomic E-state index is 13.4. The maximum absolute atomic E-state index is 13.4. The number of aliphatic hydroxyl groups is 1. The minimum Gasteiger partial charge on any atom is -0.392 e. The van der Waals surface area contributed by atoms with E-state index < -0.39 is 5.82 Å². The molecule has 1 fully saturated rings. The molecule has 2 atom stereocenters. The number of hydrogen-bond donors (Lipinski definition) is 3. The molecule has 2 rings (SSSR count). The highest BCUT2D eigenvalue weighted by Crippen LogP contribution is 2.24. The molecule has 1 aromatic carbocycles. The summed E-state index contributed by atoms with van der Waals surface area (Å²) < 4.78 is 13.4. The minimum absolute atomic E-state index is 0.0143. The summed E-state index contributed by atoms with van der Waals surface area (Å²) in [6.07, 6.45) is 2.44. The fourth-order valence-electron chi connectivity index (χ4n) is 2.42. The largest absolute Gasteiger partial charge is 0.392 e. The number of carbonyl (C=O) groups excluding carboxylic acids is 1. The summed E-state index contributed by atoms with van der Waals surface area (Å²) in [6.45, 7) is -0.0222. The minimum atomic E-state index is -0.447. The number of hydrogen-bond acceptors (Lipinski definition) is 3. The molecular formula is C14H19FN2O2. The number of aliphatic hydroxyl groups excluding tert-OH is 1. The number of nitrogens with two attached hydrogens (primary N) is 1. The predicted octanol–water partition coefficient (Wildman–Crippen LogP) is 1.06. The van der Waals surface area contributed by atoms with Crippen molar-refractivity contribution in [3.05, 3.63) is 35.1 Å². The quantitative estimate of drug-likeness (QED) is 0.763. The first kappa shape index (κ1) is 14.0. The van der Waals surface area contributed by atoms with Crippen LogP contribution in [0, 0.1) is 11.7 Å². The van der Waals surface area contributed by atoms with Crippen molar-refractivity contribution in [3.63, 3.8) is 0 Å². The van der Waals surface area contributed by atoms with E-state index in [0.29, 0.717) is 12.1 Å². The van der Waals surface area contributed by atoms with E-state index in [4.69, 9.17) is 10.8 Å². The number of carbonyl (C=O) groups is 1. The lowest BCUT2D eigenvalue weighted by molar-refractivity contribution is -0.125. The molecule has 0 radical (unpaired) electrons. The fourth-order valence-corrected chi connectivity index (χ4v) is 2.42. The van der Waals surface area contributed by atoms with E-state index in [1.165, 1.54) is 12.1 Å². The van der Waals surface area contributed by atoms with Crippen LogP contribution in [0.25, 0.3) is 0 Å². The summed E-state index contributed by atoms with van der Waals surface area (Å²) >= 11 is 0. The first-order chi connectivity index (χ1) is 9.10. The van der Waals surface area contributed by atoms with Gasteiger partial charge in [-0.2, -0.15) is 0 Å². The summed E-state index contributed by atoms with van der Waals surface area (Å²) in [7, 11) is 0. The predicted molar refractivity (Wildman–Crippen MR) is 69.5 cm³/mol. The molecule has 0 saturated heterocycles. The van der Waals surface area contributed by atoms with E-state index in [1.54, 1.807) is 6.07 Å². The molecular weight excluding hydrogens is 247 g/mol. The van der Waals surface area contributed by atoms with Gasteiger partial charge in [0.1, 0.15) is 5.82 Å². The van der Waals surface area contributed by atoms with Gasteiger partial charge in [0, 0.05) is 24.1 Å². The second-order valence-corrected chi connectivity index (χ2v) is 5.07. The number of halogens is 1. The maximum Gasteiger partial charge on any atom is 0.223 e. The van der Waals surface area contributed by atoms with Crippen LogP contribution in [0.3, 0.4) is 0 Å². The number of amides is 1. The van der Waals surface area contributed by atoms with E-state index in [2.05, 4.69) is 5.32 Å². The Morgan fingerprint density at radius 3 is 2.84 bits per heavy atom. The summed E-state index contributed by atoms with van der Waals surface area (Å²) in [6, 6.07) is 4.70. The van der Waals surface area contributed by atoms with Gasteiger partial charge in [-0.3, -0.25) is 4.79 Å². The number of rotatable bonds is 4. The fraction of sp³-hybridized carbons (Fsp3) is 0.500. The van der Waals surface area contributed by atoms with Crippen LogP contribution in [-0.4, -0.2) is 17.1 Å². The monoisotopic (exact) mass is 266 g/mol. The van der Waals surface area contributed by atoms with Crippen molar-refractivity contribution in [1.82, 2.24) is 5.32 Å². The summed E-state index contributed by atoms with van der Waals surface area (Å²) in [4.78, 5) is 11.9. The molecule has 0 heterocycles. The van der Waals surface area contributed by atoms with Crippen LogP contribution in [0.5, 0.6) is 0 Å². The standard InChI is InChI=1S/C14H19FN2O2/c15-13-5-9(1-2-11(13)8-18)7-17-14(19)10-3-4-12(16)6-10/h1-2,5,10,12,18H,3-4,6-8,16H2,(H,17,19). The third kappa shape index (κ3) is 3.52. The van der Waals surface area contributed by atoms with Crippen LogP contribution in [0.1, 0.15) is 30.4 Å². The van der Waals surface area contributed by atoms with Gasteiger partial charge in [-0.25, -0.2) is 4.39 Å². The second kappa shape index (κ2) is 6.12. The van der Waals surface area contributed by atoms with Crippen LogP contribution >= 0.6 is 0 Å². The van der Waals surface area contributed by atoms with Crippen molar-refractivity contribution in [1.29, 1.82) is 0 Å². The lowest BCUT2D eigenvalue weighted by atomic mass is 10.1. The van der Waals surface area contributed by atoms with E-state index >= 15 is 0 Å². The van der Waals surface area contributed by atoms with Crippen LogP contribution in [0.4, 0.5) is 4.39 Å². The molecule has 104 valence electrons. The van der Waals surface area contributed by atoms with Gasteiger partial charge in [-0.15, -0.1) is 0 Å². The van der Waals surface area contributed by atoms with Crippen molar-refractivity contribution in [2.45, 2.75) is 38.5 Å². The molecule has 1 aliphatic carbocycles. The Labute approximate surface area is 111 Å².